The van der Waals surface area contributed by atoms with Gasteiger partial charge in [-0.3, -0.25) is 0 Å². The van der Waals surface area contributed by atoms with Crippen molar-refractivity contribution >= 4 is 35.2 Å². The van der Waals surface area contributed by atoms with Crippen LogP contribution in [-0.4, -0.2) is 156 Å². The lowest BCUT2D eigenvalue weighted by Crippen LogP contribution is -2.82. The van der Waals surface area contributed by atoms with Crippen molar-refractivity contribution in [2.24, 2.45) is 0 Å². The first-order valence-electron chi connectivity index (χ1n) is 13.5. The van der Waals surface area contributed by atoms with Crippen molar-refractivity contribution in [3.05, 3.63) is 0 Å². The maximum Gasteiger partial charge on any atom is 0.516 e. The first-order chi connectivity index (χ1) is 22.6. The minimum absolute atomic E-state index is 0.685. The molecule has 0 aliphatic carbocycles. The first kappa shape index (κ1) is 49.5. The van der Waals surface area contributed by atoms with Crippen LogP contribution < -0.4 is 0 Å². The summed E-state index contributed by atoms with van der Waals surface area (Å²) in [5.74, 6) is -44.0. The van der Waals surface area contributed by atoms with Gasteiger partial charge in [-0.2, -0.15) is 52.7 Å². The van der Waals surface area contributed by atoms with Gasteiger partial charge in [-0.1, -0.05) is 0 Å². The molecule has 302 valence electrons. The number of hydrogen-bond donors (Lipinski definition) is 0. The first-order valence-corrected chi connectivity index (χ1v) is 20.6. The summed E-state index contributed by atoms with van der Waals surface area (Å²) in [7, 11) is -12.2. The van der Waals surface area contributed by atoms with Gasteiger partial charge in [-0.15, -0.1) is 0 Å². The summed E-state index contributed by atoms with van der Waals surface area (Å²) in [6.45, 7) is 0. The molecule has 0 fully saturated rings. The molecule has 0 N–H and O–H groups in total. The standard InChI is InChI=1S/C22H42F12O12Si4/c1-35-47(36-2,37-3)14-13-16(23,24)19(27,28)21(31,32)22(33,34)20(29,30)17(25,26)15-18(48(38-4,39-5)40-6,49(41-7,42-8)43-9)50(44-10,45-11)46-12/h13-15H2,1-12H3. The molecule has 50 heavy (non-hydrogen) atoms. The molecule has 0 aromatic carbocycles. The Labute approximate surface area is 285 Å². The molecule has 12 nitrogen and oxygen atoms in total. The Hall–Kier alpha value is -0.452. The summed E-state index contributed by atoms with van der Waals surface area (Å²) in [4.78, 5) is 0. The van der Waals surface area contributed by atoms with E-state index in [4.69, 9.17) is 39.8 Å². The van der Waals surface area contributed by atoms with Crippen LogP contribution in [0, 0.1) is 0 Å². The van der Waals surface area contributed by atoms with Crippen molar-refractivity contribution in [1.29, 1.82) is 0 Å². The van der Waals surface area contributed by atoms with E-state index in [1.165, 1.54) is 0 Å². The van der Waals surface area contributed by atoms with Crippen LogP contribution in [0.1, 0.15) is 12.8 Å². The van der Waals surface area contributed by atoms with Crippen LogP contribution >= 0.6 is 0 Å². The Morgan fingerprint density at radius 2 is 0.580 bits per heavy atom. The lowest BCUT2D eigenvalue weighted by molar-refractivity contribution is -0.425. The minimum atomic E-state index is -7.98. The summed E-state index contributed by atoms with van der Waals surface area (Å²) in [6.07, 6.45) is -5.48. The molecule has 0 rings (SSSR count). The van der Waals surface area contributed by atoms with Gasteiger partial charge in [0.15, 0.2) is 4.28 Å². The Kier molecular flexibility index (Phi) is 16.8. The summed E-state index contributed by atoms with van der Waals surface area (Å²) in [5.41, 5.74) is 0. The summed E-state index contributed by atoms with van der Waals surface area (Å²) < 4.78 is 241. The molecular formula is C22H42F12O12Si4. The predicted molar refractivity (Wildman–Crippen MR) is 154 cm³/mol. The monoisotopic (exact) mass is 838 g/mol. The maximum atomic E-state index is 16.2. The highest BCUT2D eigenvalue weighted by molar-refractivity contribution is 7.02. The van der Waals surface area contributed by atoms with Gasteiger partial charge in [0.05, 0.1) is 0 Å². The molecule has 0 spiro atoms. The molecule has 0 aromatic heterocycles. The Bertz CT molecular complexity index is 984. The van der Waals surface area contributed by atoms with Crippen molar-refractivity contribution in [2.75, 3.05) is 85.3 Å². The van der Waals surface area contributed by atoms with Crippen LogP contribution in [-0.2, 0) is 53.1 Å². The molecule has 0 saturated heterocycles. The van der Waals surface area contributed by atoms with Crippen molar-refractivity contribution < 1.29 is 106 Å². The number of halogens is 12. The third kappa shape index (κ3) is 7.09. The molecule has 0 amide bonds. The lowest BCUT2D eigenvalue weighted by Gasteiger charge is -2.55. The van der Waals surface area contributed by atoms with E-state index in [0.29, 0.717) is 64.0 Å². The van der Waals surface area contributed by atoms with Gasteiger partial charge in [0, 0.05) is 104 Å². The molecule has 0 atom stereocenters. The highest BCUT2D eigenvalue weighted by atomic mass is 28.5. The Balaban J connectivity index is 7.99. The fourth-order valence-electron chi connectivity index (χ4n) is 5.53. The molecule has 0 aliphatic heterocycles. The minimum Gasteiger partial charge on any atom is -0.377 e. The van der Waals surface area contributed by atoms with Crippen LogP contribution in [0.15, 0.2) is 0 Å². The third-order valence-corrected chi connectivity index (χ3v) is 25.0. The van der Waals surface area contributed by atoms with E-state index in [-0.39, 0.29) is 0 Å². The zero-order valence-corrected chi connectivity index (χ0v) is 33.1. The van der Waals surface area contributed by atoms with E-state index in [1.54, 1.807) is 0 Å². The Morgan fingerprint density at radius 1 is 0.340 bits per heavy atom. The van der Waals surface area contributed by atoms with E-state index >= 15 is 35.1 Å². The zero-order valence-electron chi connectivity index (χ0n) is 29.1. The van der Waals surface area contributed by atoms with Crippen molar-refractivity contribution in [2.45, 2.75) is 58.7 Å². The van der Waals surface area contributed by atoms with Crippen molar-refractivity contribution in [1.82, 2.24) is 0 Å². The summed E-state index contributed by atoms with van der Waals surface area (Å²) in [6, 6.07) is -1.44. The molecule has 0 saturated carbocycles. The molecule has 28 heteroatoms. The highest BCUT2D eigenvalue weighted by Crippen LogP contribution is 2.66. The molecule has 0 aromatic rings. The van der Waals surface area contributed by atoms with E-state index in [0.717, 1.165) is 21.3 Å². The van der Waals surface area contributed by atoms with Gasteiger partial charge in [0.1, 0.15) is 0 Å². The molecular weight excluding hydrogens is 797 g/mol. The normalized spacial score (nSPS) is 15.6. The van der Waals surface area contributed by atoms with Crippen LogP contribution in [0.2, 0.25) is 10.3 Å². The highest BCUT2D eigenvalue weighted by Gasteiger charge is 2.95. The van der Waals surface area contributed by atoms with Gasteiger partial charge >= 0.3 is 70.8 Å². The van der Waals surface area contributed by atoms with E-state index in [9.17, 15) is 17.6 Å². The summed E-state index contributed by atoms with van der Waals surface area (Å²) >= 11 is 0. The molecule has 0 bridgehead atoms. The van der Waals surface area contributed by atoms with Crippen LogP contribution in [0.4, 0.5) is 52.7 Å². The zero-order chi connectivity index (χ0) is 40.1. The summed E-state index contributed by atoms with van der Waals surface area (Å²) in [5, 5.41) is 0. The van der Waals surface area contributed by atoms with Gasteiger partial charge in [-0.05, 0) is 0 Å². The van der Waals surface area contributed by atoms with Crippen molar-refractivity contribution in [3.8, 4) is 0 Å². The molecule has 0 heterocycles. The van der Waals surface area contributed by atoms with E-state index in [2.05, 4.69) is 13.3 Å². The molecule has 0 aliphatic rings. The lowest BCUT2D eigenvalue weighted by atomic mass is 9.90. The average molecular weight is 839 g/mol. The van der Waals surface area contributed by atoms with E-state index in [1.807, 2.05) is 0 Å². The number of hydrogen-bond acceptors (Lipinski definition) is 12. The maximum absolute atomic E-state index is 16.2. The molecule has 0 radical (unpaired) electrons. The Morgan fingerprint density at radius 3 is 0.800 bits per heavy atom. The fourth-order valence-corrected chi connectivity index (χ4v) is 23.2. The van der Waals surface area contributed by atoms with Crippen molar-refractivity contribution in [3.63, 3.8) is 0 Å². The predicted octanol–water partition coefficient (Wildman–Crippen LogP) is 4.91. The second kappa shape index (κ2) is 16.9. The van der Waals surface area contributed by atoms with Gasteiger partial charge in [0.25, 0.3) is 0 Å². The number of alkyl halides is 12. The SMILES string of the molecule is CO[Si](CCC(F)(F)C(F)(F)C(F)(F)C(F)(F)C(F)(F)C(F)(F)CC([Si](OC)(OC)OC)([Si](OC)(OC)OC)[Si](OC)(OC)OC)(OC)OC. The van der Waals surface area contributed by atoms with Gasteiger partial charge in [-0.25, -0.2) is 0 Å². The van der Waals surface area contributed by atoms with Gasteiger partial charge in [0.2, 0.25) is 0 Å². The molecule has 0 unspecified atom stereocenters. The second-order valence-electron chi connectivity index (χ2n) is 10.1. The average Bonchev–Trinajstić information content (AvgIpc) is 3.08. The third-order valence-electron chi connectivity index (χ3n) is 8.25. The fraction of sp³-hybridized carbons (Fsp3) is 1.00. The quantitative estimate of drug-likeness (QED) is 0.0922. The smallest absolute Gasteiger partial charge is 0.377 e. The topological polar surface area (TPSA) is 111 Å². The van der Waals surface area contributed by atoms with Crippen LogP contribution in [0.3, 0.4) is 0 Å². The van der Waals surface area contributed by atoms with Crippen LogP contribution in [0.25, 0.3) is 0 Å². The van der Waals surface area contributed by atoms with E-state index < -0.39 is 93.9 Å². The van der Waals surface area contributed by atoms with Gasteiger partial charge < -0.3 is 53.1 Å². The van der Waals surface area contributed by atoms with Crippen LogP contribution in [0.5, 0.6) is 0 Å². The largest absolute Gasteiger partial charge is 0.516 e. The second-order valence-corrected chi connectivity index (χ2v) is 24.3. The number of rotatable bonds is 25.